The average molecular weight is 768 g/mol. The fourth-order valence-corrected chi connectivity index (χ4v) is 5.70. The summed E-state index contributed by atoms with van der Waals surface area (Å²) in [5.74, 6) is -5.60. The van der Waals surface area contributed by atoms with Gasteiger partial charge in [-0.2, -0.15) is 0 Å². The molecule has 4 rings (SSSR count). The van der Waals surface area contributed by atoms with Crippen molar-refractivity contribution < 1.29 is 37.4 Å². The van der Waals surface area contributed by atoms with E-state index in [2.05, 4.69) is 42.5 Å². The van der Waals surface area contributed by atoms with E-state index in [1.807, 2.05) is 26.0 Å². The molecule has 0 aromatic heterocycles. The lowest BCUT2D eigenvalue weighted by molar-refractivity contribution is 0.0844. The molecule has 0 unspecified atom stereocenters. The summed E-state index contributed by atoms with van der Waals surface area (Å²) in [4.78, 5) is 24.5. The van der Waals surface area contributed by atoms with E-state index in [1.165, 1.54) is 26.0 Å². The average Bonchev–Trinajstić information content (AvgIpc) is 2.95. The summed E-state index contributed by atoms with van der Waals surface area (Å²) in [6.07, 6.45) is -1.87. The largest absolute Gasteiger partial charge is 0.391 e. The van der Waals surface area contributed by atoms with Crippen molar-refractivity contribution in [3.05, 3.63) is 138 Å². The highest BCUT2D eigenvalue weighted by atomic mass is 79.9. The van der Waals surface area contributed by atoms with Crippen LogP contribution in [0.25, 0.3) is 0 Å². The van der Waals surface area contributed by atoms with E-state index in [0.29, 0.717) is 11.1 Å². The summed E-state index contributed by atoms with van der Waals surface area (Å²) in [5.41, 5.74) is 1.70. The van der Waals surface area contributed by atoms with Crippen LogP contribution < -0.4 is 10.6 Å². The summed E-state index contributed by atoms with van der Waals surface area (Å²) < 4.78 is 56.6. The minimum Gasteiger partial charge on any atom is -0.391 e. The summed E-state index contributed by atoms with van der Waals surface area (Å²) in [6.45, 7) is 6.66. The molecule has 0 aliphatic heterocycles. The van der Waals surface area contributed by atoms with Gasteiger partial charge in [0, 0.05) is 8.95 Å². The van der Waals surface area contributed by atoms with Crippen LogP contribution in [-0.2, 0) is 0 Å². The van der Waals surface area contributed by atoms with E-state index in [-0.39, 0.29) is 0 Å². The molecule has 46 heavy (non-hydrogen) atoms. The van der Waals surface area contributed by atoms with Crippen molar-refractivity contribution in [1.82, 2.24) is 10.6 Å². The molecule has 0 saturated heterocycles. The van der Waals surface area contributed by atoms with Crippen LogP contribution in [-0.4, -0.2) is 34.2 Å². The highest BCUT2D eigenvalue weighted by Gasteiger charge is 2.26. The van der Waals surface area contributed by atoms with Gasteiger partial charge in [0.1, 0.15) is 34.4 Å². The summed E-state index contributed by atoms with van der Waals surface area (Å²) in [6, 6.07) is 15.6. The van der Waals surface area contributed by atoms with Crippen LogP contribution in [0, 0.1) is 37.1 Å². The van der Waals surface area contributed by atoms with Crippen LogP contribution in [0.1, 0.15) is 68.9 Å². The van der Waals surface area contributed by atoms with Gasteiger partial charge in [-0.1, -0.05) is 56.1 Å². The lowest BCUT2D eigenvalue weighted by Crippen LogP contribution is -2.36. The van der Waals surface area contributed by atoms with Crippen molar-refractivity contribution in [1.29, 1.82) is 0 Å². The van der Waals surface area contributed by atoms with Crippen molar-refractivity contribution in [2.45, 2.75) is 52.0 Å². The highest BCUT2D eigenvalue weighted by molar-refractivity contribution is 9.10. The number of carbonyl (C=O) groups is 2. The molecule has 4 aromatic rings. The minimum absolute atomic E-state index is 0.659. The SMILES string of the molecule is Cc1cc(Br)ccc1[C@@H](NC(=O)c1c(F)cccc1F)[C@H](C)O.Cc1cc(Br)ccc1[C@H](NC(=O)c1c(F)cccc1F)[C@@H](C)O. The molecule has 0 spiro atoms. The number of rotatable bonds is 8. The van der Waals surface area contributed by atoms with Gasteiger partial charge in [0.15, 0.2) is 0 Å². The van der Waals surface area contributed by atoms with Crippen molar-refractivity contribution in [2.75, 3.05) is 0 Å². The highest BCUT2D eigenvalue weighted by Crippen LogP contribution is 2.27. The molecular formula is C34H32Br2F4N2O4. The van der Waals surface area contributed by atoms with E-state index in [4.69, 9.17) is 0 Å². The molecule has 0 heterocycles. The van der Waals surface area contributed by atoms with Gasteiger partial charge in [-0.15, -0.1) is 0 Å². The lowest BCUT2D eigenvalue weighted by Gasteiger charge is -2.24. The molecule has 244 valence electrons. The van der Waals surface area contributed by atoms with Crippen LogP contribution >= 0.6 is 31.9 Å². The molecule has 0 fully saturated rings. The smallest absolute Gasteiger partial charge is 0.257 e. The normalized spacial score (nSPS) is 13.5. The molecule has 4 atom stereocenters. The van der Waals surface area contributed by atoms with E-state index < -0.39 is 70.5 Å². The maximum atomic E-state index is 13.7. The van der Waals surface area contributed by atoms with E-state index in [0.717, 1.165) is 44.3 Å². The second-order valence-corrected chi connectivity index (χ2v) is 12.4. The summed E-state index contributed by atoms with van der Waals surface area (Å²) >= 11 is 6.68. The van der Waals surface area contributed by atoms with Crippen molar-refractivity contribution in [2.24, 2.45) is 0 Å². The number of nitrogens with one attached hydrogen (secondary N) is 2. The van der Waals surface area contributed by atoms with Gasteiger partial charge in [0.25, 0.3) is 11.8 Å². The Balaban J connectivity index is 0.000000250. The molecule has 2 amide bonds. The maximum Gasteiger partial charge on any atom is 0.257 e. The minimum atomic E-state index is -0.945. The Labute approximate surface area is 281 Å². The Morgan fingerprint density at radius 2 is 0.913 bits per heavy atom. The Morgan fingerprint density at radius 1 is 0.609 bits per heavy atom. The third-order valence-corrected chi connectivity index (χ3v) is 8.04. The van der Waals surface area contributed by atoms with Gasteiger partial charge < -0.3 is 20.8 Å². The van der Waals surface area contributed by atoms with E-state index in [1.54, 1.807) is 24.3 Å². The number of aryl methyl sites for hydroxylation is 2. The third kappa shape index (κ3) is 9.25. The van der Waals surface area contributed by atoms with Crippen LogP contribution in [0.3, 0.4) is 0 Å². The van der Waals surface area contributed by atoms with Crippen LogP contribution in [0.5, 0.6) is 0 Å². The van der Waals surface area contributed by atoms with Gasteiger partial charge in [0.2, 0.25) is 0 Å². The molecule has 12 heteroatoms. The Bertz CT molecular complexity index is 1550. The second-order valence-electron chi connectivity index (χ2n) is 10.6. The molecule has 0 aliphatic rings. The zero-order valence-corrected chi connectivity index (χ0v) is 28.4. The van der Waals surface area contributed by atoms with Crippen molar-refractivity contribution >= 4 is 43.7 Å². The molecule has 4 aromatic carbocycles. The zero-order valence-electron chi connectivity index (χ0n) is 25.2. The van der Waals surface area contributed by atoms with Gasteiger partial charge in [0.05, 0.1) is 24.3 Å². The molecule has 6 nitrogen and oxygen atoms in total. The number of aliphatic hydroxyl groups is 2. The molecular weight excluding hydrogens is 736 g/mol. The monoisotopic (exact) mass is 766 g/mol. The number of hydrogen-bond donors (Lipinski definition) is 4. The predicted octanol–water partition coefficient (Wildman–Crippen LogP) is 7.78. The number of hydrogen-bond acceptors (Lipinski definition) is 4. The van der Waals surface area contributed by atoms with Gasteiger partial charge in [-0.3, -0.25) is 9.59 Å². The van der Waals surface area contributed by atoms with Gasteiger partial charge in [-0.05, 0) is 98.5 Å². The third-order valence-electron chi connectivity index (χ3n) is 7.05. The molecule has 0 aliphatic carbocycles. The molecule has 0 saturated carbocycles. The number of aliphatic hydroxyl groups excluding tert-OH is 2. The number of carbonyl (C=O) groups excluding carboxylic acids is 2. The van der Waals surface area contributed by atoms with E-state index in [9.17, 15) is 37.4 Å². The van der Waals surface area contributed by atoms with Gasteiger partial charge in [-0.25, -0.2) is 17.6 Å². The Morgan fingerprint density at radius 3 is 1.17 bits per heavy atom. The number of amides is 2. The lowest BCUT2D eigenvalue weighted by atomic mass is 9.97. The Kier molecular flexibility index (Phi) is 13.1. The second kappa shape index (κ2) is 16.3. The van der Waals surface area contributed by atoms with Crippen LogP contribution in [0.15, 0.2) is 81.7 Å². The zero-order chi connectivity index (χ0) is 34.3. The maximum absolute atomic E-state index is 13.7. The van der Waals surface area contributed by atoms with Gasteiger partial charge >= 0.3 is 0 Å². The summed E-state index contributed by atoms with van der Waals surface area (Å²) in [5, 5.41) is 25.0. The fraction of sp³-hybridized carbons (Fsp3) is 0.235. The first-order valence-corrected chi connectivity index (χ1v) is 15.6. The predicted molar refractivity (Wildman–Crippen MR) is 174 cm³/mol. The van der Waals surface area contributed by atoms with Crippen molar-refractivity contribution in [3.8, 4) is 0 Å². The first-order valence-electron chi connectivity index (χ1n) is 14.0. The molecule has 0 bridgehead atoms. The Hall–Kier alpha value is -3.58. The summed E-state index contributed by atoms with van der Waals surface area (Å²) in [7, 11) is 0. The quantitative estimate of drug-likeness (QED) is 0.138. The molecule has 4 N–H and O–H groups in total. The molecule has 0 radical (unpaired) electrons. The van der Waals surface area contributed by atoms with Crippen molar-refractivity contribution in [3.63, 3.8) is 0 Å². The van der Waals surface area contributed by atoms with Crippen LogP contribution in [0.2, 0.25) is 0 Å². The van der Waals surface area contributed by atoms with Crippen LogP contribution in [0.4, 0.5) is 17.6 Å². The number of halogens is 6. The fourth-order valence-electron chi connectivity index (χ4n) is 4.75. The number of benzene rings is 4. The topological polar surface area (TPSA) is 98.7 Å². The first kappa shape index (κ1) is 36.9. The standard InChI is InChI=1S/2C17H16BrF2NO2/c2*1-9-8-11(18)6-7-12(9)16(10(2)22)21-17(23)15-13(19)4-3-5-14(15)20/h2*3-8,10,16,22H,1-2H3,(H,21,23)/t2*10-,16-/m10/s1. The first-order chi connectivity index (χ1) is 21.6. The van der Waals surface area contributed by atoms with E-state index >= 15 is 0 Å².